The van der Waals surface area contributed by atoms with E-state index in [1.54, 1.807) is 0 Å². The Balaban J connectivity index is 2.72. The lowest BCUT2D eigenvalue weighted by Gasteiger charge is -2.35. The Bertz CT molecular complexity index is 125. The van der Waals surface area contributed by atoms with E-state index in [9.17, 15) is 0 Å². The lowest BCUT2D eigenvalue weighted by Crippen LogP contribution is -2.27. The molecule has 1 aliphatic carbocycles. The van der Waals surface area contributed by atoms with E-state index < -0.39 is 0 Å². The highest BCUT2D eigenvalue weighted by Gasteiger charge is 2.42. The lowest BCUT2D eigenvalue weighted by molar-refractivity contribution is 0.142. The molecule has 0 heterocycles. The smallest absolute Gasteiger partial charge is 0.0272 e. The monoisotopic (exact) mass is 168 g/mol. The van der Waals surface area contributed by atoms with Gasteiger partial charge in [0.2, 0.25) is 0 Å². The molecular formula is C12H24. The first-order valence-corrected chi connectivity index (χ1v) is 5.69. The highest BCUT2D eigenvalue weighted by Crippen LogP contribution is 2.52. The summed E-state index contributed by atoms with van der Waals surface area (Å²) >= 11 is 0. The molecule has 0 N–H and O–H groups in total. The molecule has 0 radical (unpaired) electrons. The zero-order valence-electron chi connectivity index (χ0n) is 9.19. The van der Waals surface area contributed by atoms with Gasteiger partial charge >= 0.3 is 0 Å². The number of rotatable bonds is 3. The van der Waals surface area contributed by atoms with Gasteiger partial charge < -0.3 is 0 Å². The molecule has 2 unspecified atom stereocenters. The minimum absolute atomic E-state index is 0.670. The Hall–Kier alpha value is 0. The van der Waals surface area contributed by atoms with Crippen molar-refractivity contribution in [2.75, 3.05) is 0 Å². The van der Waals surface area contributed by atoms with Crippen LogP contribution in [0, 0.1) is 17.3 Å². The molecule has 0 amide bonds. The van der Waals surface area contributed by atoms with E-state index in [0.29, 0.717) is 5.41 Å². The average molecular weight is 168 g/mol. The summed E-state index contributed by atoms with van der Waals surface area (Å²) in [6.45, 7) is 9.60. The molecule has 0 heteroatoms. The fourth-order valence-electron chi connectivity index (χ4n) is 3.31. The topological polar surface area (TPSA) is 0 Å². The molecule has 0 spiro atoms. The van der Waals surface area contributed by atoms with Gasteiger partial charge in [0.1, 0.15) is 0 Å². The van der Waals surface area contributed by atoms with Crippen LogP contribution < -0.4 is 0 Å². The molecule has 0 aliphatic heterocycles. The summed E-state index contributed by atoms with van der Waals surface area (Å²) < 4.78 is 0. The first-order chi connectivity index (χ1) is 5.69. The Morgan fingerprint density at radius 1 is 1.00 bits per heavy atom. The van der Waals surface area contributed by atoms with E-state index in [-0.39, 0.29) is 0 Å². The van der Waals surface area contributed by atoms with Gasteiger partial charge in [-0.2, -0.15) is 0 Å². The molecule has 1 fully saturated rings. The van der Waals surface area contributed by atoms with Crippen LogP contribution >= 0.6 is 0 Å². The molecule has 0 aromatic rings. The highest BCUT2D eigenvalue weighted by molar-refractivity contribution is 4.92. The van der Waals surface area contributed by atoms with Gasteiger partial charge in [0.05, 0.1) is 0 Å². The predicted molar refractivity (Wildman–Crippen MR) is 55.2 cm³/mol. The summed E-state index contributed by atoms with van der Waals surface area (Å²) in [5.41, 5.74) is 0.670. The molecule has 3 atom stereocenters. The Labute approximate surface area is 77.7 Å². The normalized spacial score (nSPS) is 42.0. The van der Waals surface area contributed by atoms with E-state index in [1.165, 1.54) is 32.1 Å². The molecule has 0 aromatic heterocycles. The van der Waals surface area contributed by atoms with Crippen molar-refractivity contribution in [3.05, 3.63) is 0 Å². The fraction of sp³-hybridized carbons (Fsp3) is 1.00. The first kappa shape index (κ1) is 10.1. The standard InChI is InChI=1S/C12H24/c1-5-10-8-9-11(6-2)12(10,4)7-3/h10-11H,5-9H2,1-4H3/t10-,11?,12?/m0/s1. The molecule has 0 bridgehead atoms. The quantitative estimate of drug-likeness (QED) is 0.591. The van der Waals surface area contributed by atoms with Crippen molar-refractivity contribution >= 4 is 0 Å². The van der Waals surface area contributed by atoms with Gasteiger partial charge in [-0.05, 0) is 30.1 Å². The van der Waals surface area contributed by atoms with Crippen LogP contribution in [-0.2, 0) is 0 Å². The lowest BCUT2D eigenvalue weighted by atomic mass is 9.70. The molecule has 0 nitrogen and oxygen atoms in total. The van der Waals surface area contributed by atoms with Gasteiger partial charge in [0.25, 0.3) is 0 Å². The van der Waals surface area contributed by atoms with E-state index >= 15 is 0 Å². The van der Waals surface area contributed by atoms with Crippen molar-refractivity contribution in [3.8, 4) is 0 Å². The van der Waals surface area contributed by atoms with Gasteiger partial charge in [-0.15, -0.1) is 0 Å². The summed E-state index contributed by atoms with van der Waals surface area (Å²) in [5, 5.41) is 0. The molecule has 12 heavy (non-hydrogen) atoms. The Morgan fingerprint density at radius 3 is 1.67 bits per heavy atom. The SMILES string of the molecule is CCC1CC[C@H](CC)C1(C)CC. The van der Waals surface area contributed by atoms with Gasteiger partial charge in [-0.3, -0.25) is 0 Å². The first-order valence-electron chi connectivity index (χ1n) is 5.69. The van der Waals surface area contributed by atoms with E-state index in [0.717, 1.165) is 11.8 Å². The second-order valence-electron chi connectivity index (χ2n) is 4.65. The maximum Gasteiger partial charge on any atom is -0.0272 e. The van der Waals surface area contributed by atoms with Crippen LogP contribution in [0.2, 0.25) is 0 Å². The van der Waals surface area contributed by atoms with Crippen LogP contribution in [0.5, 0.6) is 0 Å². The van der Waals surface area contributed by atoms with E-state index in [4.69, 9.17) is 0 Å². The van der Waals surface area contributed by atoms with Crippen LogP contribution in [0.25, 0.3) is 0 Å². The predicted octanol–water partition coefficient (Wildman–Crippen LogP) is 4.25. The van der Waals surface area contributed by atoms with Crippen molar-refractivity contribution in [2.24, 2.45) is 17.3 Å². The van der Waals surface area contributed by atoms with Crippen molar-refractivity contribution < 1.29 is 0 Å². The zero-order chi connectivity index (χ0) is 9.19. The van der Waals surface area contributed by atoms with Crippen molar-refractivity contribution in [1.82, 2.24) is 0 Å². The summed E-state index contributed by atoms with van der Waals surface area (Å²) in [4.78, 5) is 0. The summed E-state index contributed by atoms with van der Waals surface area (Å²) in [7, 11) is 0. The van der Waals surface area contributed by atoms with Crippen LogP contribution in [0.4, 0.5) is 0 Å². The molecular weight excluding hydrogens is 144 g/mol. The highest BCUT2D eigenvalue weighted by atomic mass is 14.5. The van der Waals surface area contributed by atoms with Crippen molar-refractivity contribution in [2.45, 2.75) is 59.8 Å². The summed E-state index contributed by atoms with van der Waals surface area (Å²) in [5.74, 6) is 2.01. The zero-order valence-corrected chi connectivity index (χ0v) is 9.19. The number of hydrogen-bond donors (Lipinski definition) is 0. The molecule has 1 saturated carbocycles. The largest absolute Gasteiger partial charge is 0.0651 e. The third-order valence-corrected chi connectivity index (χ3v) is 4.48. The molecule has 1 rings (SSSR count). The minimum Gasteiger partial charge on any atom is -0.0651 e. The number of hydrogen-bond acceptors (Lipinski definition) is 0. The van der Waals surface area contributed by atoms with Gasteiger partial charge in [-0.1, -0.05) is 47.0 Å². The van der Waals surface area contributed by atoms with Crippen LogP contribution in [0.3, 0.4) is 0 Å². The summed E-state index contributed by atoms with van der Waals surface area (Å²) in [6.07, 6.45) is 7.13. The van der Waals surface area contributed by atoms with Crippen LogP contribution in [0.15, 0.2) is 0 Å². The van der Waals surface area contributed by atoms with Crippen LogP contribution in [-0.4, -0.2) is 0 Å². The van der Waals surface area contributed by atoms with Crippen molar-refractivity contribution in [3.63, 3.8) is 0 Å². The van der Waals surface area contributed by atoms with Gasteiger partial charge in [0.15, 0.2) is 0 Å². The molecule has 1 aliphatic rings. The molecule has 0 aromatic carbocycles. The summed E-state index contributed by atoms with van der Waals surface area (Å²) in [6, 6.07) is 0. The second-order valence-corrected chi connectivity index (χ2v) is 4.65. The third-order valence-electron chi connectivity index (χ3n) is 4.48. The maximum absolute atomic E-state index is 2.52. The Kier molecular flexibility index (Phi) is 3.20. The van der Waals surface area contributed by atoms with Crippen molar-refractivity contribution in [1.29, 1.82) is 0 Å². The van der Waals surface area contributed by atoms with Crippen LogP contribution in [0.1, 0.15) is 59.8 Å². The average Bonchev–Trinajstić information content (AvgIpc) is 2.42. The third kappa shape index (κ3) is 1.41. The van der Waals surface area contributed by atoms with Gasteiger partial charge in [0, 0.05) is 0 Å². The Morgan fingerprint density at radius 2 is 1.42 bits per heavy atom. The maximum atomic E-state index is 2.52. The van der Waals surface area contributed by atoms with E-state index in [1.807, 2.05) is 0 Å². The fourth-order valence-corrected chi connectivity index (χ4v) is 3.31. The molecule has 0 saturated heterocycles. The second kappa shape index (κ2) is 3.81. The van der Waals surface area contributed by atoms with Gasteiger partial charge in [-0.25, -0.2) is 0 Å². The minimum atomic E-state index is 0.670. The van der Waals surface area contributed by atoms with E-state index in [2.05, 4.69) is 27.7 Å². The molecule has 72 valence electrons.